The van der Waals surface area contributed by atoms with Gasteiger partial charge in [0.2, 0.25) is 11.8 Å². The number of nitrogens with zero attached hydrogens (tertiary/aromatic N) is 1. The molecule has 0 aliphatic rings. The lowest BCUT2D eigenvalue weighted by Gasteiger charge is -2.29. The Bertz CT molecular complexity index is 809. The van der Waals surface area contributed by atoms with E-state index in [0.717, 1.165) is 23.3 Å². The zero-order valence-electron chi connectivity index (χ0n) is 18.0. The van der Waals surface area contributed by atoms with Crippen LogP contribution >= 0.6 is 23.4 Å². The van der Waals surface area contributed by atoms with Gasteiger partial charge in [-0.25, -0.2) is 0 Å². The maximum absolute atomic E-state index is 13.0. The third-order valence-corrected chi connectivity index (χ3v) is 6.13. The molecule has 6 heteroatoms. The van der Waals surface area contributed by atoms with Crippen molar-refractivity contribution >= 4 is 35.2 Å². The lowest BCUT2D eigenvalue weighted by atomic mass is 10.1. The van der Waals surface area contributed by atoms with Crippen LogP contribution in [-0.4, -0.2) is 35.1 Å². The summed E-state index contributed by atoms with van der Waals surface area (Å²) in [4.78, 5) is 28.5. The third kappa shape index (κ3) is 8.04. The Labute approximate surface area is 189 Å². The number of carbonyl (C=O) groups is 2. The molecule has 2 amide bonds. The van der Waals surface area contributed by atoms with Gasteiger partial charge >= 0.3 is 0 Å². The predicted octanol–water partition coefficient (Wildman–Crippen LogP) is 5.46. The fraction of sp³-hybridized carbons (Fsp3) is 0.417. The van der Waals surface area contributed by atoms with E-state index in [0.29, 0.717) is 30.3 Å². The van der Waals surface area contributed by atoms with Crippen LogP contribution in [-0.2, 0) is 16.1 Å². The van der Waals surface area contributed by atoms with E-state index in [4.69, 9.17) is 11.6 Å². The van der Waals surface area contributed by atoms with Gasteiger partial charge in [-0.1, -0.05) is 54.8 Å². The fourth-order valence-electron chi connectivity index (χ4n) is 2.94. The first-order valence-corrected chi connectivity index (χ1v) is 11.8. The zero-order valence-corrected chi connectivity index (χ0v) is 19.6. The molecule has 0 saturated carbocycles. The highest BCUT2D eigenvalue weighted by Crippen LogP contribution is 2.21. The average Bonchev–Trinajstić information content (AvgIpc) is 2.74. The Balaban J connectivity index is 2.02. The summed E-state index contributed by atoms with van der Waals surface area (Å²) in [6.07, 6.45) is 2.31. The number of unbranched alkanes of at least 4 members (excludes halogenated alkanes) is 1. The normalized spacial score (nSPS) is 11.7. The number of aryl methyl sites for hydroxylation is 1. The van der Waals surface area contributed by atoms with Crippen molar-refractivity contribution in [3.05, 3.63) is 64.7 Å². The number of hydrogen-bond donors (Lipinski definition) is 1. The van der Waals surface area contributed by atoms with Crippen LogP contribution in [0, 0.1) is 6.92 Å². The first-order valence-electron chi connectivity index (χ1n) is 10.4. The van der Waals surface area contributed by atoms with Gasteiger partial charge < -0.3 is 10.2 Å². The van der Waals surface area contributed by atoms with E-state index in [1.165, 1.54) is 5.56 Å². The summed E-state index contributed by atoms with van der Waals surface area (Å²) in [5, 5.41) is 3.59. The first-order chi connectivity index (χ1) is 14.4. The molecule has 0 unspecified atom stereocenters. The fourth-order valence-corrected chi connectivity index (χ4v) is 3.91. The van der Waals surface area contributed by atoms with Crippen molar-refractivity contribution in [2.24, 2.45) is 0 Å². The van der Waals surface area contributed by atoms with Crippen molar-refractivity contribution < 1.29 is 9.59 Å². The van der Waals surface area contributed by atoms with Crippen molar-refractivity contribution in [2.75, 3.05) is 12.3 Å². The predicted molar refractivity (Wildman–Crippen MR) is 126 cm³/mol. The molecular weight excluding hydrogens is 416 g/mol. The van der Waals surface area contributed by atoms with Crippen LogP contribution in [0.4, 0.5) is 0 Å². The Kier molecular flexibility index (Phi) is 10.2. The molecule has 0 aliphatic carbocycles. The van der Waals surface area contributed by atoms with Gasteiger partial charge in [-0.3, -0.25) is 9.59 Å². The Morgan fingerprint density at radius 1 is 1.10 bits per heavy atom. The summed E-state index contributed by atoms with van der Waals surface area (Å²) in [7, 11) is 0. The molecule has 0 saturated heterocycles. The van der Waals surface area contributed by atoms with Gasteiger partial charge in [-0.2, -0.15) is 0 Å². The molecular formula is C24H31ClN2O2S. The quantitative estimate of drug-likeness (QED) is 0.368. The molecule has 0 heterocycles. The van der Waals surface area contributed by atoms with Crippen molar-refractivity contribution in [1.29, 1.82) is 0 Å². The van der Waals surface area contributed by atoms with E-state index >= 15 is 0 Å². The summed E-state index contributed by atoms with van der Waals surface area (Å²) in [5.41, 5.74) is 2.17. The Morgan fingerprint density at radius 2 is 1.77 bits per heavy atom. The van der Waals surface area contributed by atoms with E-state index in [2.05, 4.69) is 43.4 Å². The zero-order chi connectivity index (χ0) is 21.9. The number of halogens is 1. The second-order valence-corrected chi connectivity index (χ2v) is 8.98. The number of thioether (sulfide) groups is 1. The van der Waals surface area contributed by atoms with Gasteiger partial charge in [0, 0.05) is 35.2 Å². The summed E-state index contributed by atoms with van der Waals surface area (Å²) in [6.45, 7) is 6.94. The van der Waals surface area contributed by atoms with Gasteiger partial charge in [0.1, 0.15) is 6.04 Å². The highest BCUT2D eigenvalue weighted by Gasteiger charge is 2.25. The second-order valence-electron chi connectivity index (χ2n) is 7.38. The SMILES string of the molecule is CCCCNC(=O)[C@H](C)N(Cc1ccc(Cl)cc1)C(=O)CCSc1ccc(C)cc1. The van der Waals surface area contributed by atoms with E-state index in [1.807, 2.05) is 12.1 Å². The van der Waals surface area contributed by atoms with E-state index in [1.54, 1.807) is 35.7 Å². The van der Waals surface area contributed by atoms with Gasteiger partial charge in [0.15, 0.2) is 0 Å². The number of carbonyl (C=O) groups excluding carboxylic acids is 2. The van der Waals surface area contributed by atoms with Crippen LogP contribution in [0.3, 0.4) is 0 Å². The molecule has 2 aromatic rings. The van der Waals surface area contributed by atoms with Gasteiger partial charge in [-0.15, -0.1) is 11.8 Å². The van der Waals surface area contributed by atoms with Crippen LogP contribution in [0.5, 0.6) is 0 Å². The maximum Gasteiger partial charge on any atom is 0.242 e. The molecule has 0 aromatic heterocycles. The minimum absolute atomic E-state index is 0.0253. The van der Waals surface area contributed by atoms with Crippen LogP contribution in [0.15, 0.2) is 53.4 Å². The molecule has 30 heavy (non-hydrogen) atoms. The second kappa shape index (κ2) is 12.7. The molecule has 0 bridgehead atoms. The number of hydrogen-bond acceptors (Lipinski definition) is 3. The standard InChI is InChI=1S/C24H31ClN2O2S/c1-4-5-15-26-24(29)19(3)27(17-20-8-10-21(25)11-9-20)23(28)14-16-30-22-12-6-18(2)7-13-22/h6-13,19H,4-5,14-17H2,1-3H3,(H,26,29)/t19-/m0/s1. The van der Waals surface area contributed by atoms with Gasteiger partial charge in [-0.05, 0) is 50.1 Å². The molecule has 1 N–H and O–H groups in total. The van der Waals surface area contributed by atoms with Crippen LogP contribution in [0.1, 0.15) is 44.2 Å². The molecule has 2 aromatic carbocycles. The highest BCUT2D eigenvalue weighted by atomic mass is 35.5. The molecule has 0 radical (unpaired) electrons. The number of nitrogens with one attached hydrogen (secondary N) is 1. The topological polar surface area (TPSA) is 49.4 Å². The highest BCUT2D eigenvalue weighted by molar-refractivity contribution is 7.99. The number of amides is 2. The van der Waals surface area contributed by atoms with Crippen molar-refractivity contribution in [3.63, 3.8) is 0 Å². The first kappa shape index (κ1) is 24.3. The van der Waals surface area contributed by atoms with E-state index in [-0.39, 0.29) is 11.8 Å². The summed E-state index contributed by atoms with van der Waals surface area (Å²) < 4.78 is 0. The monoisotopic (exact) mass is 446 g/mol. The van der Waals surface area contributed by atoms with Crippen molar-refractivity contribution in [2.45, 2.75) is 57.5 Å². The Morgan fingerprint density at radius 3 is 2.40 bits per heavy atom. The third-order valence-electron chi connectivity index (χ3n) is 4.87. The summed E-state index contributed by atoms with van der Waals surface area (Å²) >= 11 is 7.64. The smallest absolute Gasteiger partial charge is 0.242 e. The minimum atomic E-state index is -0.533. The number of benzene rings is 2. The van der Waals surface area contributed by atoms with E-state index < -0.39 is 6.04 Å². The van der Waals surface area contributed by atoms with Gasteiger partial charge in [0.25, 0.3) is 0 Å². The van der Waals surface area contributed by atoms with Crippen LogP contribution < -0.4 is 5.32 Å². The maximum atomic E-state index is 13.0. The molecule has 4 nitrogen and oxygen atoms in total. The van der Waals surface area contributed by atoms with Crippen molar-refractivity contribution in [3.8, 4) is 0 Å². The molecule has 0 spiro atoms. The molecule has 162 valence electrons. The van der Waals surface area contributed by atoms with E-state index in [9.17, 15) is 9.59 Å². The minimum Gasteiger partial charge on any atom is -0.354 e. The molecule has 0 aliphatic heterocycles. The summed E-state index contributed by atoms with van der Waals surface area (Å²) in [5.74, 6) is 0.531. The lowest BCUT2D eigenvalue weighted by Crippen LogP contribution is -2.47. The van der Waals surface area contributed by atoms with Crippen molar-refractivity contribution in [1.82, 2.24) is 10.2 Å². The number of rotatable bonds is 11. The Hall–Kier alpha value is -1.98. The molecule has 0 fully saturated rings. The molecule has 2 rings (SSSR count). The largest absolute Gasteiger partial charge is 0.354 e. The lowest BCUT2D eigenvalue weighted by molar-refractivity contribution is -0.140. The van der Waals surface area contributed by atoms with Crippen LogP contribution in [0.25, 0.3) is 0 Å². The summed E-state index contributed by atoms with van der Waals surface area (Å²) in [6, 6.07) is 15.1. The van der Waals surface area contributed by atoms with Crippen LogP contribution in [0.2, 0.25) is 5.02 Å². The average molecular weight is 447 g/mol. The van der Waals surface area contributed by atoms with Gasteiger partial charge in [0.05, 0.1) is 0 Å². The molecule has 1 atom stereocenters.